The minimum atomic E-state index is -1.15. The SMILES string of the molecule is CCOc1c(C(CC(=O)O)C[N+](=O)[O-])c(C)c(Cl)c(C)c1C(C)n1nc(C)c2c(N)ncnc21. The van der Waals surface area contributed by atoms with Crippen LogP contribution < -0.4 is 10.5 Å². The smallest absolute Gasteiger partial charge is 0.304 e. The number of hydrogen-bond acceptors (Lipinski definition) is 8. The third kappa shape index (κ3) is 4.47. The van der Waals surface area contributed by atoms with E-state index in [4.69, 9.17) is 22.1 Å². The van der Waals surface area contributed by atoms with Gasteiger partial charge in [0.1, 0.15) is 17.9 Å². The number of carboxylic acids is 1. The lowest BCUT2D eigenvalue weighted by atomic mass is 9.85. The quantitative estimate of drug-likeness (QED) is 0.335. The van der Waals surface area contributed by atoms with Gasteiger partial charge < -0.3 is 15.6 Å². The molecule has 0 spiro atoms. The molecule has 2 heterocycles. The average Bonchev–Trinajstić information content (AvgIpc) is 3.09. The Bertz CT molecular complexity index is 1260. The van der Waals surface area contributed by atoms with Crippen LogP contribution in [0.2, 0.25) is 5.02 Å². The number of aliphatic carboxylic acids is 1. The molecular formula is C22H27ClN6O5. The van der Waals surface area contributed by atoms with Crippen LogP contribution in [-0.4, -0.2) is 48.9 Å². The van der Waals surface area contributed by atoms with Gasteiger partial charge in [-0.15, -0.1) is 0 Å². The maximum absolute atomic E-state index is 11.6. The number of halogens is 1. The molecule has 0 saturated heterocycles. The Hall–Kier alpha value is -3.47. The molecule has 1 aromatic carbocycles. The van der Waals surface area contributed by atoms with E-state index in [1.165, 1.54) is 6.33 Å². The number of nitrogens with zero attached hydrogens (tertiary/aromatic N) is 5. The standard InChI is InChI=1S/C22H27ClN6O5/c1-6-34-20-16(13(5)29-22-18(12(4)27-29)21(24)25-9-26-22)10(2)19(23)11(3)17(20)14(7-15(30)31)8-28(32)33/h9,13-14H,6-8H2,1-5H3,(H,30,31)(H2,24,25,26). The summed E-state index contributed by atoms with van der Waals surface area (Å²) in [6.07, 6.45) is 0.911. The van der Waals surface area contributed by atoms with E-state index in [0.717, 1.165) is 0 Å². The van der Waals surface area contributed by atoms with Crippen LogP contribution in [0.25, 0.3) is 11.0 Å². The monoisotopic (exact) mass is 490 g/mol. The number of hydrogen-bond donors (Lipinski definition) is 2. The number of benzene rings is 1. The molecule has 0 aliphatic rings. The second-order valence-corrected chi connectivity index (χ2v) is 8.50. The number of aromatic nitrogens is 4. The number of fused-ring (bicyclic) bond motifs is 1. The Kier molecular flexibility index (Phi) is 7.25. The summed E-state index contributed by atoms with van der Waals surface area (Å²) in [6, 6.07) is -0.468. The van der Waals surface area contributed by atoms with Crippen LogP contribution in [0.1, 0.15) is 60.2 Å². The molecule has 2 atom stereocenters. The summed E-state index contributed by atoms with van der Waals surface area (Å²) in [6.45, 7) is 8.71. The number of aryl methyl sites for hydroxylation is 1. The van der Waals surface area contributed by atoms with Crippen molar-refractivity contribution in [2.24, 2.45) is 0 Å². The molecule has 2 unspecified atom stereocenters. The molecule has 3 rings (SSSR count). The van der Waals surface area contributed by atoms with Gasteiger partial charge in [0.15, 0.2) is 5.65 Å². The van der Waals surface area contributed by atoms with E-state index >= 15 is 0 Å². The van der Waals surface area contributed by atoms with Crippen LogP contribution >= 0.6 is 11.6 Å². The molecule has 0 amide bonds. The van der Waals surface area contributed by atoms with Crippen LogP contribution in [-0.2, 0) is 4.79 Å². The van der Waals surface area contributed by atoms with Gasteiger partial charge in [-0.1, -0.05) is 11.6 Å². The number of nitro groups is 1. The number of anilines is 1. The summed E-state index contributed by atoms with van der Waals surface area (Å²) >= 11 is 6.71. The summed E-state index contributed by atoms with van der Waals surface area (Å²) in [5.74, 6) is -1.41. The van der Waals surface area contributed by atoms with E-state index in [1.807, 2.05) is 13.8 Å². The molecule has 0 bridgehead atoms. The topological polar surface area (TPSA) is 159 Å². The van der Waals surface area contributed by atoms with E-state index in [2.05, 4.69) is 15.1 Å². The summed E-state index contributed by atoms with van der Waals surface area (Å²) in [5.41, 5.74) is 9.54. The van der Waals surface area contributed by atoms with Gasteiger partial charge in [0.25, 0.3) is 0 Å². The fourth-order valence-corrected chi connectivity index (χ4v) is 4.71. The van der Waals surface area contributed by atoms with Gasteiger partial charge in [0.05, 0.1) is 36.1 Å². The van der Waals surface area contributed by atoms with Crippen molar-refractivity contribution in [2.75, 3.05) is 18.9 Å². The maximum atomic E-state index is 11.6. The fourth-order valence-electron chi connectivity index (χ4n) is 4.51. The Labute approximate surface area is 201 Å². The molecule has 2 aromatic heterocycles. The van der Waals surface area contributed by atoms with Crippen LogP contribution in [0.5, 0.6) is 5.75 Å². The number of carbonyl (C=O) groups is 1. The molecule has 0 fully saturated rings. The van der Waals surface area contributed by atoms with E-state index in [1.54, 1.807) is 25.5 Å². The van der Waals surface area contributed by atoms with Crippen molar-refractivity contribution in [2.45, 2.75) is 53.0 Å². The normalized spacial score (nSPS) is 13.1. The summed E-state index contributed by atoms with van der Waals surface area (Å²) in [5, 5.41) is 26.5. The lowest BCUT2D eigenvalue weighted by Gasteiger charge is -2.27. The van der Waals surface area contributed by atoms with Crippen LogP contribution in [0.3, 0.4) is 0 Å². The van der Waals surface area contributed by atoms with Crippen molar-refractivity contribution in [1.29, 1.82) is 0 Å². The van der Waals surface area contributed by atoms with E-state index < -0.39 is 35.8 Å². The van der Waals surface area contributed by atoms with E-state index in [9.17, 15) is 20.0 Å². The lowest BCUT2D eigenvalue weighted by molar-refractivity contribution is -0.483. The van der Waals surface area contributed by atoms with Crippen LogP contribution in [0, 0.1) is 30.9 Å². The first-order valence-electron chi connectivity index (χ1n) is 10.7. The molecule has 34 heavy (non-hydrogen) atoms. The van der Waals surface area contributed by atoms with Gasteiger partial charge in [-0.3, -0.25) is 14.9 Å². The maximum Gasteiger partial charge on any atom is 0.304 e. The zero-order valence-corrected chi connectivity index (χ0v) is 20.4. The average molecular weight is 491 g/mol. The molecule has 3 N–H and O–H groups in total. The Morgan fingerprint density at radius 2 is 1.94 bits per heavy atom. The van der Waals surface area contributed by atoms with Crippen LogP contribution in [0.15, 0.2) is 6.33 Å². The third-order valence-corrected chi connectivity index (χ3v) is 6.49. The second kappa shape index (κ2) is 9.80. The predicted molar refractivity (Wildman–Crippen MR) is 127 cm³/mol. The summed E-state index contributed by atoms with van der Waals surface area (Å²) in [4.78, 5) is 30.9. The fraction of sp³-hybridized carbons (Fsp3) is 0.455. The zero-order valence-electron chi connectivity index (χ0n) is 19.6. The lowest BCUT2D eigenvalue weighted by Crippen LogP contribution is -2.21. The van der Waals surface area contributed by atoms with Gasteiger partial charge in [-0.2, -0.15) is 5.10 Å². The number of rotatable bonds is 9. The molecule has 11 nitrogen and oxygen atoms in total. The number of carboxylic acid groups (broad SMARTS) is 1. The predicted octanol–water partition coefficient (Wildman–Crippen LogP) is 3.83. The third-order valence-electron chi connectivity index (χ3n) is 5.92. The molecule has 12 heteroatoms. The minimum absolute atomic E-state index is 0.263. The number of nitrogen functional groups attached to an aromatic ring is 1. The number of nitrogens with two attached hydrogens (primary N) is 1. The van der Waals surface area contributed by atoms with Gasteiger partial charge in [-0.25, -0.2) is 14.6 Å². The summed E-state index contributed by atoms with van der Waals surface area (Å²) < 4.78 is 7.72. The van der Waals surface area contributed by atoms with E-state index in [-0.39, 0.29) is 6.61 Å². The highest BCUT2D eigenvalue weighted by molar-refractivity contribution is 6.32. The van der Waals surface area contributed by atoms with Gasteiger partial charge in [0.2, 0.25) is 6.54 Å². The molecule has 3 aromatic rings. The first-order valence-corrected chi connectivity index (χ1v) is 11.1. The second-order valence-electron chi connectivity index (χ2n) is 8.13. The number of ether oxygens (including phenoxy) is 1. The van der Waals surface area contributed by atoms with Crippen molar-refractivity contribution < 1.29 is 19.6 Å². The van der Waals surface area contributed by atoms with Crippen molar-refractivity contribution in [3.63, 3.8) is 0 Å². The largest absolute Gasteiger partial charge is 0.493 e. The Morgan fingerprint density at radius 3 is 2.53 bits per heavy atom. The molecule has 0 radical (unpaired) electrons. The zero-order chi connectivity index (χ0) is 25.3. The molecule has 0 aliphatic heterocycles. The summed E-state index contributed by atoms with van der Waals surface area (Å²) in [7, 11) is 0. The first kappa shape index (κ1) is 25.2. The van der Waals surface area contributed by atoms with Crippen molar-refractivity contribution in [3.8, 4) is 5.75 Å². The molecule has 182 valence electrons. The van der Waals surface area contributed by atoms with Crippen molar-refractivity contribution >= 4 is 34.4 Å². The first-order chi connectivity index (χ1) is 16.0. The van der Waals surface area contributed by atoms with Gasteiger partial charge in [0, 0.05) is 21.1 Å². The minimum Gasteiger partial charge on any atom is -0.493 e. The highest BCUT2D eigenvalue weighted by Crippen LogP contribution is 2.45. The van der Waals surface area contributed by atoms with Crippen molar-refractivity contribution in [1.82, 2.24) is 19.7 Å². The van der Waals surface area contributed by atoms with Gasteiger partial charge in [-0.05, 0) is 45.7 Å². The molecule has 0 saturated carbocycles. The van der Waals surface area contributed by atoms with Gasteiger partial charge >= 0.3 is 5.97 Å². The molecular weight excluding hydrogens is 464 g/mol. The highest BCUT2D eigenvalue weighted by Gasteiger charge is 2.33. The highest BCUT2D eigenvalue weighted by atomic mass is 35.5. The van der Waals surface area contributed by atoms with Crippen LogP contribution in [0.4, 0.5) is 5.82 Å². The van der Waals surface area contributed by atoms with E-state index in [0.29, 0.717) is 55.6 Å². The Morgan fingerprint density at radius 1 is 1.29 bits per heavy atom. The Balaban J connectivity index is 2.34. The molecule has 0 aliphatic carbocycles. The van der Waals surface area contributed by atoms with Crippen molar-refractivity contribution in [3.05, 3.63) is 49.4 Å².